The molecule has 0 saturated heterocycles. The minimum absolute atomic E-state index is 0.118. The van der Waals surface area contributed by atoms with Crippen molar-refractivity contribution in [1.82, 2.24) is 8.96 Å². The standard InChI is InChI=1S/C15H13ClN2O4S/c1-3-4-5-6-10(2)23(21,22)18-8-7-12-13(18)9-11(15(19)20)14(16)17-12/h3-9H,2H2,1H3,(H,19,20)/b4-3-,6-5-. The number of hydrogen-bond acceptors (Lipinski definition) is 4. The molecule has 0 aliphatic heterocycles. The summed E-state index contributed by atoms with van der Waals surface area (Å²) in [7, 11) is -3.93. The predicted octanol–water partition coefficient (Wildman–Crippen LogP) is 3.21. The first-order chi connectivity index (χ1) is 10.8. The number of carboxylic acids is 1. The van der Waals surface area contributed by atoms with E-state index >= 15 is 0 Å². The molecule has 2 aromatic heterocycles. The third kappa shape index (κ3) is 3.20. The predicted molar refractivity (Wildman–Crippen MR) is 89.1 cm³/mol. The van der Waals surface area contributed by atoms with Gasteiger partial charge in [-0.1, -0.05) is 36.4 Å². The number of carboxylic acid groups (broad SMARTS) is 1. The van der Waals surface area contributed by atoms with Gasteiger partial charge in [0.1, 0.15) is 5.15 Å². The molecule has 2 rings (SSSR count). The van der Waals surface area contributed by atoms with Gasteiger partial charge in [0, 0.05) is 6.20 Å². The normalized spacial score (nSPS) is 12.4. The lowest BCUT2D eigenvalue weighted by Gasteiger charge is -2.08. The van der Waals surface area contributed by atoms with E-state index in [-0.39, 0.29) is 26.7 Å². The summed E-state index contributed by atoms with van der Waals surface area (Å²) in [6.07, 6.45) is 7.58. The van der Waals surface area contributed by atoms with Crippen LogP contribution in [-0.2, 0) is 10.0 Å². The van der Waals surface area contributed by atoms with Gasteiger partial charge >= 0.3 is 5.97 Å². The summed E-state index contributed by atoms with van der Waals surface area (Å²) in [5.41, 5.74) is 0.116. The van der Waals surface area contributed by atoms with E-state index in [0.717, 1.165) is 3.97 Å². The lowest BCUT2D eigenvalue weighted by Crippen LogP contribution is -2.12. The molecule has 2 heterocycles. The van der Waals surface area contributed by atoms with Gasteiger partial charge in [-0.2, -0.15) is 0 Å². The average Bonchev–Trinajstić information content (AvgIpc) is 2.89. The minimum Gasteiger partial charge on any atom is -0.478 e. The second-order valence-electron chi connectivity index (χ2n) is 4.50. The lowest BCUT2D eigenvalue weighted by molar-refractivity contribution is 0.0697. The van der Waals surface area contributed by atoms with Gasteiger partial charge in [-0.05, 0) is 25.1 Å². The molecule has 0 unspecified atom stereocenters. The molecule has 0 spiro atoms. The topological polar surface area (TPSA) is 89.3 Å². The molecule has 0 aliphatic rings. The summed E-state index contributed by atoms with van der Waals surface area (Å²) in [5, 5.41) is 8.89. The summed E-state index contributed by atoms with van der Waals surface area (Å²) in [6.45, 7) is 5.34. The highest BCUT2D eigenvalue weighted by Crippen LogP contribution is 2.24. The molecule has 120 valence electrons. The zero-order valence-electron chi connectivity index (χ0n) is 12.1. The number of aromatic carboxylic acids is 1. The number of carbonyl (C=O) groups is 1. The third-order valence-corrected chi connectivity index (χ3v) is 4.92. The second-order valence-corrected chi connectivity index (χ2v) is 6.73. The number of rotatable bonds is 5. The lowest BCUT2D eigenvalue weighted by atomic mass is 10.2. The molecule has 0 fully saturated rings. The van der Waals surface area contributed by atoms with Crippen molar-refractivity contribution in [3.05, 3.63) is 64.8 Å². The van der Waals surface area contributed by atoms with Crippen LogP contribution >= 0.6 is 11.6 Å². The highest BCUT2D eigenvalue weighted by molar-refractivity contribution is 7.94. The number of aromatic nitrogens is 2. The van der Waals surface area contributed by atoms with E-state index in [2.05, 4.69) is 11.6 Å². The molecule has 0 aromatic carbocycles. The fraction of sp³-hybridized carbons (Fsp3) is 0.0667. The number of nitrogens with zero attached hydrogens (tertiary/aromatic N) is 2. The zero-order valence-corrected chi connectivity index (χ0v) is 13.7. The van der Waals surface area contributed by atoms with Gasteiger partial charge < -0.3 is 5.11 Å². The van der Waals surface area contributed by atoms with Crippen LogP contribution in [0.15, 0.2) is 54.1 Å². The Hall–Kier alpha value is -2.38. The summed E-state index contributed by atoms with van der Waals surface area (Å²) in [4.78, 5) is 14.9. The van der Waals surface area contributed by atoms with Gasteiger partial charge in [0.15, 0.2) is 0 Å². The van der Waals surface area contributed by atoms with Crippen LogP contribution in [0.4, 0.5) is 0 Å². The van der Waals surface area contributed by atoms with Gasteiger partial charge in [0.25, 0.3) is 10.0 Å². The quantitative estimate of drug-likeness (QED) is 0.659. The number of allylic oxidation sites excluding steroid dienone is 4. The van der Waals surface area contributed by atoms with Crippen molar-refractivity contribution in [2.75, 3.05) is 0 Å². The van der Waals surface area contributed by atoms with Gasteiger partial charge in [0.2, 0.25) is 0 Å². The van der Waals surface area contributed by atoms with Gasteiger partial charge in [-0.25, -0.2) is 22.2 Å². The summed E-state index contributed by atoms with van der Waals surface area (Å²) in [6, 6.07) is 2.61. The monoisotopic (exact) mass is 352 g/mol. The van der Waals surface area contributed by atoms with Crippen LogP contribution in [0.3, 0.4) is 0 Å². The Morgan fingerprint density at radius 2 is 2.13 bits per heavy atom. The SMILES string of the molecule is C=C(/C=C\C=C/C)S(=O)(=O)n1ccc2nc(Cl)c(C(=O)O)cc21. The summed E-state index contributed by atoms with van der Waals surface area (Å²) < 4.78 is 26.0. The molecule has 0 atom stereocenters. The minimum atomic E-state index is -3.93. The van der Waals surface area contributed by atoms with Crippen LogP contribution in [-0.4, -0.2) is 28.5 Å². The van der Waals surface area contributed by atoms with Crippen molar-refractivity contribution >= 4 is 38.6 Å². The van der Waals surface area contributed by atoms with Crippen molar-refractivity contribution < 1.29 is 18.3 Å². The van der Waals surface area contributed by atoms with Crippen molar-refractivity contribution in [3.8, 4) is 0 Å². The van der Waals surface area contributed by atoms with Crippen LogP contribution < -0.4 is 0 Å². The molecule has 0 aliphatic carbocycles. The third-order valence-electron chi connectivity index (χ3n) is 3.00. The van der Waals surface area contributed by atoms with Gasteiger partial charge in [-0.15, -0.1) is 0 Å². The molecule has 0 bridgehead atoms. The van der Waals surface area contributed by atoms with Crippen LogP contribution in [0, 0.1) is 0 Å². The molecule has 6 nitrogen and oxygen atoms in total. The maximum atomic E-state index is 12.5. The highest BCUT2D eigenvalue weighted by Gasteiger charge is 2.21. The van der Waals surface area contributed by atoms with E-state index in [1.54, 1.807) is 25.2 Å². The Morgan fingerprint density at radius 1 is 1.43 bits per heavy atom. The van der Waals surface area contributed by atoms with E-state index in [1.807, 2.05) is 0 Å². The smallest absolute Gasteiger partial charge is 0.338 e. The largest absolute Gasteiger partial charge is 0.478 e. The fourth-order valence-corrected chi connectivity index (χ4v) is 3.21. The highest BCUT2D eigenvalue weighted by atomic mass is 35.5. The Kier molecular flexibility index (Phi) is 4.72. The molecule has 0 radical (unpaired) electrons. The first kappa shape index (κ1) is 17.0. The molecule has 0 saturated carbocycles. The number of hydrogen-bond donors (Lipinski definition) is 1. The van der Waals surface area contributed by atoms with Crippen molar-refractivity contribution in [2.24, 2.45) is 0 Å². The van der Waals surface area contributed by atoms with Crippen LogP contribution in [0.5, 0.6) is 0 Å². The zero-order chi connectivity index (χ0) is 17.2. The van der Waals surface area contributed by atoms with Gasteiger partial charge in [-0.3, -0.25) is 0 Å². The van der Waals surface area contributed by atoms with Crippen LogP contribution in [0.25, 0.3) is 11.0 Å². The Labute approximate surface area is 138 Å². The van der Waals surface area contributed by atoms with Crippen molar-refractivity contribution in [3.63, 3.8) is 0 Å². The molecule has 2 aromatic rings. The summed E-state index contributed by atoms with van der Waals surface area (Å²) in [5.74, 6) is -1.29. The van der Waals surface area contributed by atoms with E-state index in [9.17, 15) is 13.2 Å². The van der Waals surface area contributed by atoms with Gasteiger partial charge in [0.05, 0.1) is 21.5 Å². The first-order valence-corrected chi connectivity index (χ1v) is 8.25. The van der Waals surface area contributed by atoms with E-state index in [1.165, 1.54) is 24.4 Å². The van der Waals surface area contributed by atoms with E-state index in [0.29, 0.717) is 0 Å². The first-order valence-electron chi connectivity index (χ1n) is 6.43. The second kappa shape index (κ2) is 6.39. The maximum absolute atomic E-state index is 12.5. The Morgan fingerprint density at radius 3 is 2.74 bits per heavy atom. The summed E-state index contributed by atoms with van der Waals surface area (Å²) >= 11 is 5.78. The Balaban J connectivity index is 2.61. The number of fused-ring (bicyclic) bond motifs is 1. The van der Waals surface area contributed by atoms with Crippen molar-refractivity contribution in [1.29, 1.82) is 0 Å². The number of pyridine rings is 1. The maximum Gasteiger partial charge on any atom is 0.338 e. The van der Waals surface area contributed by atoms with E-state index in [4.69, 9.17) is 16.7 Å². The molecular weight excluding hydrogens is 340 g/mol. The van der Waals surface area contributed by atoms with E-state index < -0.39 is 16.0 Å². The average molecular weight is 353 g/mol. The molecular formula is C15H13ClN2O4S. The number of halogens is 1. The van der Waals surface area contributed by atoms with Crippen molar-refractivity contribution in [2.45, 2.75) is 6.92 Å². The Bertz CT molecular complexity index is 955. The molecule has 0 amide bonds. The fourth-order valence-electron chi connectivity index (χ4n) is 1.86. The van der Waals surface area contributed by atoms with Crippen LogP contribution in [0.1, 0.15) is 17.3 Å². The molecule has 23 heavy (non-hydrogen) atoms. The molecule has 8 heteroatoms. The molecule has 1 N–H and O–H groups in total. The van der Waals surface area contributed by atoms with Crippen LogP contribution in [0.2, 0.25) is 5.15 Å².